The van der Waals surface area contributed by atoms with Crippen LogP contribution >= 0.6 is 0 Å². The summed E-state index contributed by atoms with van der Waals surface area (Å²) in [7, 11) is -7.54. The van der Waals surface area contributed by atoms with E-state index in [1.165, 1.54) is 12.8 Å². The number of unbranched alkanes of at least 4 members (excludes halogenated alkanes) is 1. The fourth-order valence-corrected chi connectivity index (χ4v) is 0.975. The Kier molecular flexibility index (Phi) is 10.4. The second-order valence-corrected chi connectivity index (χ2v) is 5.30. The van der Waals surface area contributed by atoms with Gasteiger partial charge in [-0.25, -0.2) is 17.6 Å². The van der Waals surface area contributed by atoms with Crippen molar-refractivity contribution < 1.29 is 39.6 Å². The molecule has 120 valence electrons. The van der Waals surface area contributed by atoms with Crippen LogP contribution in [0.1, 0.15) is 19.8 Å². The largest absolute Gasteiger partial charge is 0.726 e. The molecule has 1 rings (SSSR count). The van der Waals surface area contributed by atoms with E-state index in [4.69, 9.17) is 35.0 Å². The minimum atomic E-state index is -4.92. The Morgan fingerprint density at radius 2 is 1.60 bits per heavy atom. The average molecular weight is 334 g/mol. The summed E-state index contributed by atoms with van der Waals surface area (Å²) in [5.74, 6) is 0. The minimum Gasteiger partial charge on any atom is -0.726 e. The Bertz CT molecular complexity index is 517. The number of hydrogen-bond acceptors (Lipinski definition) is 5. The highest BCUT2D eigenvalue weighted by Gasteiger charge is 1.96. The first kappa shape index (κ1) is 21.3. The summed E-state index contributed by atoms with van der Waals surface area (Å²) in [6.07, 6.45) is 8.82. The molecule has 0 amide bonds. The molecule has 0 aliphatic heterocycles. The van der Waals surface area contributed by atoms with Gasteiger partial charge < -0.3 is 4.55 Å². The van der Waals surface area contributed by atoms with Gasteiger partial charge in [0.25, 0.3) is 0 Å². The van der Waals surface area contributed by atoms with E-state index in [1.807, 2.05) is 7.05 Å². The Hall–Kier alpha value is -1.05. The summed E-state index contributed by atoms with van der Waals surface area (Å²) in [4.78, 5) is 0. The van der Waals surface area contributed by atoms with Crippen LogP contribution in [0.25, 0.3) is 0 Å². The van der Waals surface area contributed by atoms with Gasteiger partial charge in [-0.15, -0.1) is 0 Å². The van der Waals surface area contributed by atoms with Crippen molar-refractivity contribution in [1.82, 2.24) is 4.57 Å². The third-order valence-corrected chi connectivity index (χ3v) is 1.59. The molecule has 0 aliphatic carbocycles. The maximum Gasteiger partial charge on any atom is 0.394 e. The monoisotopic (exact) mass is 334 g/mol. The molecule has 12 heteroatoms. The Morgan fingerprint density at radius 1 is 1.20 bits per heavy atom. The van der Waals surface area contributed by atoms with Crippen LogP contribution in [0.5, 0.6) is 0 Å². The van der Waals surface area contributed by atoms with Crippen molar-refractivity contribution in [1.29, 1.82) is 0 Å². The van der Waals surface area contributed by atoms with Gasteiger partial charge in [-0.05, 0) is 6.42 Å². The lowest BCUT2D eigenvalue weighted by Crippen LogP contribution is -2.23. The number of hydrogen-bond donors (Lipinski definition) is 3. The van der Waals surface area contributed by atoms with Crippen LogP contribution in [0.3, 0.4) is 0 Å². The van der Waals surface area contributed by atoms with Crippen molar-refractivity contribution in [2.75, 3.05) is 0 Å². The molecule has 0 bridgehead atoms. The molecule has 0 saturated heterocycles. The van der Waals surface area contributed by atoms with Gasteiger partial charge in [-0.3, -0.25) is 13.7 Å². The van der Waals surface area contributed by atoms with Gasteiger partial charge in [0, 0.05) is 0 Å². The zero-order valence-electron chi connectivity index (χ0n) is 10.9. The summed E-state index contributed by atoms with van der Waals surface area (Å²) >= 11 is 0. The first-order valence-electron chi connectivity index (χ1n) is 5.22. The lowest BCUT2D eigenvalue weighted by atomic mass is 10.3. The van der Waals surface area contributed by atoms with Crippen LogP contribution in [0.2, 0.25) is 0 Å². The number of aromatic nitrogens is 2. The third kappa shape index (κ3) is 30.2. The van der Waals surface area contributed by atoms with Gasteiger partial charge in [0.15, 0.2) is 0 Å². The molecule has 3 N–H and O–H groups in total. The molecule has 0 unspecified atom stereocenters. The number of aryl methyl sites for hydroxylation is 2. The van der Waals surface area contributed by atoms with E-state index in [2.05, 4.69) is 34.8 Å². The van der Waals surface area contributed by atoms with Gasteiger partial charge in [0.05, 0.1) is 13.6 Å². The first-order chi connectivity index (χ1) is 8.83. The smallest absolute Gasteiger partial charge is 0.394 e. The second kappa shape index (κ2) is 9.79. The van der Waals surface area contributed by atoms with Gasteiger partial charge in [-0.1, -0.05) is 13.3 Å². The van der Waals surface area contributed by atoms with Crippen molar-refractivity contribution in [3.05, 3.63) is 18.7 Å². The Balaban J connectivity index is 0. The molecule has 0 saturated carbocycles. The highest BCUT2D eigenvalue weighted by atomic mass is 32.3. The molecule has 0 radical (unpaired) electrons. The standard InChI is InChI=1S/C8H15N2.2H2O4S/c1-3-4-5-10-7-6-9(2)8-10;2*1-5(2,3)4/h6-8H,3-5H2,1-2H3;2*(H2,1,2,3,4)/q+1;;/p-1. The molecule has 0 aromatic carbocycles. The van der Waals surface area contributed by atoms with E-state index in [9.17, 15) is 0 Å². The van der Waals surface area contributed by atoms with Crippen LogP contribution in [-0.2, 0) is 34.4 Å². The maximum atomic E-state index is 8.74. The molecular formula is C8H18N2O8S2. The van der Waals surface area contributed by atoms with Crippen LogP contribution < -0.4 is 4.57 Å². The van der Waals surface area contributed by atoms with E-state index in [-0.39, 0.29) is 0 Å². The fourth-order valence-electron chi connectivity index (χ4n) is 0.975. The van der Waals surface area contributed by atoms with E-state index in [1.54, 1.807) is 0 Å². The highest BCUT2D eigenvalue weighted by Crippen LogP contribution is 1.91. The molecule has 0 spiro atoms. The quantitative estimate of drug-likeness (QED) is 0.377. The highest BCUT2D eigenvalue weighted by molar-refractivity contribution is 7.80. The van der Waals surface area contributed by atoms with Crippen LogP contribution in [0.15, 0.2) is 18.7 Å². The van der Waals surface area contributed by atoms with Crippen molar-refractivity contribution in [3.8, 4) is 0 Å². The number of nitrogens with zero attached hydrogens (tertiary/aromatic N) is 2. The number of imidazole rings is 1. The summed E-state index contributed by atoms with van der Waals surface area (Å²) in [6.45, 7) is 3.36. The van der Waals surface area contributed by atoms with Crippen molar-refractivity contribution in [2.24, 2.45) is 7.05 Å². The predicted molar refractivity (Wildman–Crippen MR) is 67.0 cm³/mol. The maximum absolute atomic E-state index is 8.74. The molecular weight excluding hydrogens is 316 g/mol. The predicted octanol–water partition coefficient (Wildman–Crippen LogP) is -0.535. The molecule has 0 atom stereocenters. The van der Waals surface area contributed by atoms with Crippen LogP contribution in [-0.4, -0.2) is 39.6 Å². The first-order valence-corrected chi connectivity index (χ1v) is 7.98. The topological polar surface area (TPSA) is 161 Å². The van der Waals surface area contributed by atoms with Crippen molar-refractivity contribution >= 4 is 20.8 Å². The molecule has 1 aromatic heterocycles. The molecule has 20 heavy (non-hydrogen) atoms. The minimum absolute atomic E-state index is 1.15. The summed E-state index contributed by atoms with van der Waals surface area (Å²) in [6, 6.07) is 0. The van der Waals surface area contributed by atoms with E-state index < -0.39 is 20.8 Å². The SMILES string of the molecule is CCCCn1cc[n+](C)c1.O=S(=O)(O)O.O=S(=O)([O-])O. The molecule has 0 fully saturated rings. The van der Waals surface area contributed by atoms with Crippen LogP contribution in [0.4, 0.5) is 0 Å². The normalized spacial score (nSPS) is 10.9. The second-order valence-electron chi connectivity index (χ2n) is 3.55. The van der Waals surface area contributed by atoms with Gasteiger partial charge in [-0.2, -0.15) is 8.42 Å². The summed E-state index contributed by atoms with van der Waals surface area (Å²) < 4.78 is 68.7. The lowest BCUT2D eigenvalue weighted by molar-refractivity contribution is -0.671. The zero-order valence-corrected chi connectivity index (χ0v) is 12.6. The average Bonchev–Trinajstić information content (AvgIpc) is 2.56. The summed E-state index contributed by atoms with van der Waals surface area (Å²) in [5, 5.41) is 0. The number of rotatable bonds is 3. The Labute approximate surface area is 117 Å². The van der Waals surface area contributed by atoms with E-state index >= 15 is 0 Å². The Morgan fingerprint density at radius 3 is 1.85 bits per heavy atom. The van der Waals surface area contributed by atoms with Gasteiger partial charge in [0.2, 0.25) is 16.7 Å². The molecule has 1 heterocycles. The zero-order chi connectivity index (χ0) is 16.4. The lowest BCUT2D eigenvalue weighted by Gasteiger charge is -1.90. The van der Waals surface area contributed by atoms with Gasteiger partial charge >= 0.3 is 10.4 Å². The van der Waals surface area contributed by atoms with Crippen molar-refractivity contribution in [3.63, 3.8) is 0 Å². The molecule has 10 nitrogen and oxygen atoms in total. The van der Waals surface area contributed by atoms with Gasteiger partial charge in [0.1, 0.15) is 12.4 Å². The van der Waals surface area contributed by atoms with E-state index in [0.29, 0.717) is 0 Å². The van der Waals surface area contributed by atoms with Crippen LogP contribution in [0, 0.1) is 0 Å². The fraction of sp³-hybridized carbons (Fsp3) is 0.625. The van der Waals surface area contributed by atoms with Crippen molar-refractivity contribution in [2.45, 2.75) is 26.3 Å². The third-order valence-electron chi connectivity index (χ3n) is 1.59. The molecule has 1 aromatic rings. The molecule has 0 aliphatic rings. The summed E-state index contributed by atoms with van der Waals surface area (Å²) in [5.41, 5.74) is 0. The van der Waals surface area contributed by atoms with E-state index in [0.717, 1.165) is 6.54 Å².